The number of nitrogens with zero attached hydrogens (tertiary/aromatic N) is 3. The second-order valence-corrected chi connectivity index (χ2v) is 4.97. The van der Waals surface area contributed by atoms with E-state index in [0.29, 0.717) is 6.54 Å². The van der Waals surface area contributed by atoms with Crippen LogP contribution in [0.4, 0.5) is 5.69 Å². The minimum Gasteiger partial charge on any atom is -0.357 e. The number of non-ortho nitro benzene ring substituents is 1. The summed E-state index contributed by atoms with van der Waals surface area (Å²) in [6.07, 6.45) is 4.03. The highest BCUT2D eigenvalue weighted by Gasteiger charge is 2.04. The summed E-state index contributed by atoms with van der Waals surface area (Å²) in [5.74, 6) is 0.734. The van der Waals surface area contributed by atoms with Crippen molar-refractivity contribution in [1.82, 2.24) is 15.2 Å². The van der Waals surface area contributed by atoms with E-state index in [-0.39, 0.29) is 5.69 Å². The summed E-state index contributed by atoms with van der Waals surface area (Å²) < 4.78 is 2.09. The van der Waals surface area contributed by atoms with E-state index in [0.717, 1.165) is 31.2 Å². The molecule has 0 spiro atoms. The number of rotatable bonds is 7. The zero-order valence-electron chi connectivity index (χ0n) is 13.1. The minimum atomic E-state index is -0.403. The van der Waals surface area contributed by atoms with E-state index in [1.54, 1.807) is 12.1 Å². The number of nitro benzene ring substituents is 1. The Morgan fingerprint density at radius 1 is 1.22 bits per heavy atom. The van der Waals surface area contributed by atoms with Gasteiger partial charge in [0.25, 0.3) is 5.69 Å². The van der Waals surface area contributed by atoms with Crippen molar-refractivity contribution in [3.05, 3.63) is 64.5 Å². The number of hydrogen-bond acceptors (Lipinski definition) is 3. The maximum Gasteiger partial charge on any atom is 0.269 e. The maximum absolute atomic E-state index is 10.6. The van der Waals surface area contributed by atoms with Crippen LogP contribution in [0, 0.1) is 10.1 Å². The van der Waals surface area contributed by atoms with Crippen molar-refractivity contribution in [1.29, 1.82) is 0 Å². The van der Waals surface area contributed by atoms with Gasteiger partial charge in [-0.25, -0.2) is 4.99 Å². The average Bonchev–Trinajstić information content (AvgIpc) is 3.06. The van der Waals surface area contributed by atoms with Gasteiger partial charge in [0.15, 0.2) is 5.96 Å². The summed E-state index contributed by atoms with van der Waals surface area (Å²) >= 11 is 0. The maximum atomic E-state index is 10.6. The van der Waals surface area contributed by atoms with Crippen molar-refractivity contribution < 1.29 is 4.92 Å². The van der Waals surface area contributed by atoms with Gasteiger partial charge >= 0.3 is 0 Å². The Bertz CT molecular complexity index is 635. The summed E-state index contributed by atoms with van der Waals surface area (Å²) in [7, 11) is 0. The van der Waals surface area contributed by atoms with Crippen molar-refractivity contribution in [2.24, 2.45) is 4.99 Å². The van der Waals surface area contributed by atoms with Crippen LogP contribution in [0.25, 0.3) is 0 Å². The van der Waals surface area contributed by atoms with Crippen LogP contribution in [0.15, 0.2) is 53.8 Å². The number of aliphatic imine (C=N–C) groups is 1. The van der Waals surface area contributed by atoms with E-state index in [4.69, 9.17) is 0 Å². The van der Waals surface area contributed by atoms with Crippen molar-refractivity contribution in [2.45, 2.75) is 20.0 Å². The first-order valence-corrected chi connectivity index (χ1v) is 7.55. The summed E-state index contributed by atoms with van der Waals surface area (Å²) in [5, 5.41) is 17.1. The molecule has 1 aromatic carbocycles. The molecule has 0 atom stereocenters. The molecule has 7 heteroatoms. The zero-order valence-corrected chi connectivity index (χ0v) is 13.1. The van der Waals surface area contributed by atoms with Crippen molar-refractivity contribution >= 4 is 11.6 Å². The van der Waals surface area contributed by atoms with E-state index in [1.165, 1.54) is 12.1 Å². The Labute approximate surface area is 135 Å². The standard InChI is InChI=1S/C16H21N5O2/c1-2-17-16(18-9-12-20-10-3-4-11-20)19-13-14-5-7-15(8-6-14)21(22)23/h3-8,10-11H,2,9,12-13H2,1H3,(H2,17,18,19). The molecule has 0 aliphatic heterocycles. The molecule has 7 nitrogen and oxygen atoms in total. The highest BCUT2D eigenvalue weighted by atomic mass is 16.6. The lowest BCUT2D eigenvalue weighted by Crippen LogP contribution is -2.38. The molecule has 0 bridgehead atoms. The molecule has 2 rings (SSSR count). The van der Waals surface area contributed by atoms with Gasteiger partial charge in [0.05, 0.1) is 11.5 Å². The fraction of sp³-hybridized carbons (Fsp3) is 0.312. The number of hydrogen-bond donors (Lipinski definition) is 2. The summed E-state index contributed by atoms with van der Waals surface area (Å²) in [6.45, 7) is 4.87. The van der Waals surface area contributed by atoms with Crippen LogP contribution in [-0.4, -0.2) is 28.5 Å². The minimum absolute atomic E-state index is 0.0921. The van der Waals surface area contributed by atoms with Gasteiger partial charge in [-0.3, -0.25) is 10.1 Å². The molecule has 1 aromatic heterocycles. The molecule has 0 fully saturated rings. The Hall–Kier alpha value is -2.83. The van der Waals surface area contributed by atoms with Gasteiger partial charge in [-0.05, 0) is 24.6 Å². The van der Waals surface area contributed by atoms with Crippen molar-refractivity contribution in [2.75, 3.05) is 13.1 Å². The molecule has 1 heterocycles. The first-order chi connectivity index (χ1) is 11.2. The molecular weight excluding hydrogens is 294 g/mol. The van der Waals surface area contributed by atoms with Crippen LogP contribution in [0.1, 0.15) is 12.5 Å². The van der Waals surface area contributed by atoms with E-state index >= 15 is 0 Å². The molecule has 0 saturated heterocycles. The first-order valence-electron chi connectivity index (χ1n) is 7.55. The molecule has 0 aliphatic rings. The molecule has 0 radical (unpaired) electrons. The fourth-order valence-electron chi connectivity index (χ4n) is 2.06. The van der Waals surface area contributed by atoms with Gasteiger partial charge < -0.3 is 15.2 Å². The molecular formula is C16H21N5O2. The molecule has 122 valence electrons. The van der Waals surface area contributed by atoms with Crippen LogP contribution in [-0.2, 0) is 13.1 Å². The number of nitrogens with one attached hydrogen (secondary N) is 2. The lowest BCUT2D eigenvalue weighted by molar-refractivity contribution is -0.384. The monoisotopic (exact) mass is 315 g/mol. The quantitative estimate of drug-likeness (QED) is 0.355. The Balaban J connectivity index is 1.88. The third-order valence-corrected chi connectivity index (χ3v) is 3.24. The Morgan fingerprint density at radius 2 is 1.91 bits per heavy atom. The van der Waals surface area contributed by atoms with Crippen molar-refractivity contribution in [3.63, 3.8) is 0 Å². The van der Waals surface area contributed by atoms with Crippen LogP contribution in [0.3, 0.4) is 0 Å². The lowest BCUT2D eigenvalue weighted by atomic mass is 10.2. The number of aromatic nitrogens is 1. The SMILES string of the molecule is CCNC(=NCc1ccc([N+](=O)[O-])cc1)NCCn1cccc1. The van der Waals surface area contributed by atoms with Gasteiger partial charge in [-0.1, -0.05) is 12.1 Å². The third kappa shape index (κ3) is 5.46. The van der Waals surface area contributed by atoms with Crippen molar-refractivity contribution in [3.8, 4) is 0 Å². The van der Waals surface area contributed by atoms with Crippen LogP contribution >= 0.6 is 0 Å². The molecule has 2 N–H and O–H groups in total. The topological polar surface area (TPSA) is 84.5 Å². The van der Waals surface area contributed by atoms with Crippen LogP contribution < -0.4 is 10.6 Å². The summed E-state index contributed by atoms with van der Waals surface area (Å²) in [6, 6.07) is 10.4. The van der Waals surface area contributed by atoms with E-state index in [1.807, 2.05) is 31.5 Å². The summed E-state index contributed by atoms with van der Waals surface area (Å²) in [4.78, 5) is 14.7. The average molecular weight is 315 g/mol. The Morgan fingerprint density at radius 3 is 2.52 bits per heavy atom. The number of nitro groups is 1. The number of benzene rings is 1. The van der Waals surface area contributed by atoms with Gasteiger partial charge in [-0.2, -0.15) is 0 Å². The van der Waals surface area contributed by atoms with E-state index < -0.39 is 4.92 Å². The molecule has 0 amide bonds. The molecule has 23 heavy (non-hydrogen) atoms. The molecule has 2 aromatic rings. The zero-order chi connectivity index (χ0) is 16.5. The first kappa shape index (κ1) is 16.5. The normalized spacial score (nSPS) is 11.3. The number of guanidine groups is 1. The summed E-state index contributed by atoms with van der Waals surface area (Å²) in [5.41, 5.74) is 1.02. The third-order valence-electron chi connectivity index (χ3n) is 3.24. The van der Waals surface area contributed by atoms with Gasteiger partial charge in [0.1, 0.15) is 0 Å². The Kier molecular flexibility index (Phi) is 6.17. The highest BCUT2D eigenvalue weighted by Crippen LogP contribution is 2.12. The smallest absolute Gasteiger partial charge is 0.269 e. The lowest BCUT2D eigenvalue weighted by Gasteiger charge is -2.11. The van der Waals surface area contributed by atoms with Gasteiger partial charge in [-0.15, -0.1) is 0 Å². The highest BCUT2D eigenvalue weighted by molar-refractivity contribution is 5.79. The van der Waals surface area contributed by atoms with Crippen LogP contribution in [0.5, 0.6) is 0 Å². The fourth-order valence-corrected chi connectivity index (χ4v) is 2.06. The largest absolute Gasteiger partial charge is 0.357 e. The second-order valence-electron chi connectivity index (χ2n) is 4.97. The van der Waals surface area contributed by atoms with E-state index in [2.05, 4.69) is 20.2 Å². The van der Waals surface area contributed by atoms with Crippen LogP contribution in [0.2, 0.25) is 0 Å². The van der Waals surface area contributed by atoms with E-state index in [9.17, 15) is 10.1 Å². The predicted molar refractivity (Wildman–Crippen MR) is 90.3 cm³/mol. The molecule has 0 aliphatic carbocycles. The van der Waals surface area contributed by atoms with Gasteiger partial charge in [0, 0.05) is 44.2 Å². The predicted octanol–water partition coefficient (Wildman–Crippen LogP) is 2.15. The molecule has 0 unspecified atom stereocenters. The second kappa shape index (κ2) is 8.57. The van der Waals surface area contributed by atoms with Gasteiger partial charge in [0.2, 0.25) is 0 Å². The molecule has 0 saturated carbocycles.